The number of carbonyl (C=O) groups is 1. The number of para-hydroxylation sites is 1. The Labute approximate surface area is 181 Å². The Kier molecular flexibility index (Phi) is 5.12. The minimum Gasteiger partial charge on any atom is -0.338 e. The van der Waals surface area contributed by atoms with Crippen LogP contribution in [0.3, 0.4) is 0 Å². The third-order valence-electron chi connectivity index (χ3n) is 6.07. The zero-order chi connectivity index (χ0) is 21.2. The fourth-order valence-electron chi connectivity index (χ4n) is 4.43. The summed E-state index contributed by atoms with van der Waals surface area (Å²) in [4.78, 5) is 15.2. The van der Waals surface area contributed by atoms with Crippen molar-refractivity contribution in [1.29, 1.82) is 0 Å². The van der Waals surface area contributed by atoms with Gasteiger partial charge in [-0.25, -0.2) is 4.68 Å². The molecular formula is C25H25N5O. The zero-order valence-electron chi connectivity index (χ0n) is 17.5. The second-order valence-electron chi connectivity index (χ2n) is 8.11. The van der Waals surface area contributed by atoms with Gasteiger partial charge in [0.15, 0.2) is 0 Å². The van der Waals surface area contributed by atoms with E-state index in [1.54, 1.807) is 10.9 Å². The Morgan fingerprint density at radius 2 is 1.84 bits per heavy atom. The molecule has 31 heavy (non-hydrogen) atoms. The maximum atomic E-state index is 13.2. The van der Waals surface area contributed by atoms with Crippen molar-refractivity contribution in [2.45, 2.75) is 25.7 Å². The van der Waals surface area contributed by atoms with Crippen molar-refractivity contribution in [2.75, 3.05) is 13.1 Å². The molecule has 0 radical (unpaired) electrons. The summed E-state index contributed by atoms with van der Waals surface area (Å²) in [5, 5.41) is 11.9. The zero-order valence-corrected chi connectivity index (χ0v) is 17.5. The lowest BCUT2D eigenvalue weighted by molar-refractivity contribution is 0.0706. The van der Waals surface area contributed by atoms with Crippen molar-refractivity contribution in [3.63, 3.8) is 0 Å². The summed E-state index contributed by atoms with van der Waals surface area (Å²) in [7, 11) is 0. The van der Waals surface area contributed by atoms with Crippen LogP contribution in [0, 0.1) is 6.92 Å². The van der Waals surface area contributed by atoms with E-state index in [4.69, 9.17) is 0 Å². The molecule has 0 aliphatic carbocycles. The van der Waals surface area contributed by atoms with Crippen molar-refractivity contribution in [1.82, 2.24) is 24.9 Å². The largest absolute Gasteiger partial charge is 0.338 e. The first kappa shape index (κ1) is 19.3. The molecule has 0 bridgehead atoms. The van der Waals surface area contributed by atoms with Crippen LogP contribution in [0.4, 0.5) is 0 Å². The highest BCUT2D eigenvalue weighted by Crippen LogP contribution is 2.34. The summed E-state index contributed by atoms with van der Waals surface area (Å²) in [6.45, 7) is 3.56. The van der Waals surface area contributed by atoms with Gasteiger partial charge in [0.05, 0.1) is 23.6 Å². The average Bonchev–Trinajstić information content (AvgIpc) is 3.50. The number of aromatic nitrogens is 4. The van der Waals surface area contributed by atoms with E-state index in [-0.39, 0.29) is 11.8 Å². The molecule has 6 heteroatoms. The lowest BCUT2D eigenvalue weighted by Gasteiger charge is -2.32. The van der Waals surface area contributed by atoms with E-state index in [0.29, 0.717) is 12.1 Å². The SMILES string of the molecule is Cc1ccccc1-c1cn[nH]c1[C@@H]1CCCN(C(=O)c2cnn(-c3ccccc3)c2)C1. The molecule has 1 aliphatic heterocycles. The first-order valence-corrected chi connectivity index (χ1v) is 10.7. The number of hydrogen-bond donors (Lipinski definition) is 1. The Morgan fingerprint density at radius 1 is 1.03 bits per heavy atom. The van der Waals surface area contributed by atoms with Crippen LogP contribution < -0.4 is 0 Å². The summed E-state index contributed by atoms with van der Waals surface area (Å²) in [5.74, 6) is 0.266. The molecule has 1 atom stereocenters. The van der Waals surface area contributed by atoms with Crippen molar-refractivity contribution in [3.05, 3.63) is 90.0 Å². The van der Waals surface area contributed by atoms with Crippen LogP contribution in [0.25, 0.3) is 16.8 Å². The fourth-order valence-corrected chi connectivity index (χ4v) is 4.43. The number of nitrogens with one attached hydrogen (secondary N) is 1. The molecule has 2 aromatic heterocycles. The highest BCUT2D eigenvalue weighted by molar-refractivity contribution is 5.94. The smallest absolute Gasteiger partial charge is 0.257 e. The third kappa shape index (κ3) is 3.77. The molecule has 156 valence electrons. The van der Waals surface area contributed by atoms with Gasteiger partial charge in [-0.3, -0.25) is 9.89 Å². The van der Waals surface area contributed by atoms with Gasteiger partial charge in [0.1, 0.15) is 0 Å². The number of likely N-dealkylation sites (tertiary alicyclic amines) is 1. The lowest BCUT2D eigenvalue weighted by Crippen LogP contribution is -2.39. The minimum absolute atomic E-state index is 0.0313. The van der Waals surface area contributed by atoms with E-state index in [1.807, 2.05) is 47.6 Å². The summed E-state index contributed by atoms with van der Waals surface area (Å²) >= 11 is 0. The average molecular weight is 412 g/mol. The Hall–Kier alpha value is -3.67. The molecular weight excluding hydrogens is 386 g/mol. The topological polar surface area (TPSA) is 66.8 Å². The molecule has 2 aromatic carbocycles. The highest BCUT2D eigenvalue weighted by Gasteiger charge is 2.29. The predicted octanol–water partition coefficient (Wildman–Crippen LogP) is 4.59. The summed E-state index contributed by atoms with van der Waals surface area (Å²) in [6, 6.07) is 18.2. The van der Waals surface area contributed by atoms with Crippen molar-refractivity contribution in [3.8, 4) is 16.8 Å². The second-order valence-corrected chi connectivity index (χ2v) is 8.11. The van der Waals surface area contributed by atoms with E-state index >= 15 is 0 Å². The van der Waals surface area contributed by atoms with E-state index in [9.17, 15) is 4.79 Å². The minimum atomic E-state index is 0.0313. The maximum Gasteiger partial charge on any atom is 0.257 e. The first-order chi connectivity index (χ1) is 15.2. The van der Waals surface area contributed by atoms with E-state index < -0.39 is 0 Å². The van der Waals surface area contributed by atoms with Crippen molar-refractivity contribution in [2.24, 2.45) is 0 Å². The van der Waals surface area contributed by atoms with E-state index in [1.165, 1.54) is 11.1 Å². The number of amides is 1. The van der Waals surface area contributed by atoms with Crippen molar-refractivity contribution < 1.29 is 4.79 Å². The van der Waals surface area contributed by atoms with Crippen LogP contribution in [-0.4, -0.2) is 43.9 Å². The van der Waals surface area contributed by atoms with E-state index in [2.05, 4.69) is 46.5 Å². The number of H-pyrrole nitrogens is 1. The number of carbonyl (C=O) groups excluding carboxylic acids is 1. The number of aryl methyl sites for hydroxylation is 1. The van der Waals surface area contributed by atoms with Gasteiger partial charge in [-0.2, -0.15) is 10.2 Å². The van der Waals surface area contributed by atoms with Gasteiger partial charge in [-0.1, -0.05) is 42.5 Å². The number of rotatable bonds is 4. The molecule has 0 unspecified atom stereocenters. The third-order valence-corrected chi connectivity index (χ3v) is 6.07. The standard InChI is InChI=1S/C25H25N5O/c1-18-8-5-6-12-22(18)23-15-26-28-24(23)19-9-7-13-29(16-19)25(31)20-14-27-30(17-20)21-10-3-2-4-11-21/h2-6,8,10-12,14-15,17,19H,7,9,13,16H2,1H3,(H,26,28)/t19-/m1/s1. The summed E-state index contributed by atoms with van der Waals surface area (Å²) in [6.07, 6.45) is 7.38. The second kappa shape index (κ2) is 8.22. The van der Waals surface area contributed by atoms with Crippen LogP contribution in [0.5, 0.6) is 0 Å². The van der Waals surface area contributed by atoms with Crippen LogP contribution in [0.2, 0.25) is 0 Å². The molecule has 1 saturated heterocycles. The summed E-state index contributed by atoms with van der Waals surface area (Å²) < 4.78 is 1.75. The Morgan fingerprint density at radius 3 is 2.68 bits per heavy atom. The molecule has 4 aromatic rings. The molecule has 6 nitrogen and oxygen atoms in total. The summed E-state index contributed by atoms with van der Waals surface area (Å²) in [5.41, 5.74) is 6.23. The van der Waals surface area contributed by atoms with Crippen LogP contribution in [0.1, 0.15) is 40.4 Å². The highest BCUT2D eigenvalue weighted by atomic mass is 16.2. The van der Waals surface area contributed by atoms with Gasteiger partial charge in [0.2, 0.25) is 0 Å². The molecule has 1 fully saturated rings. The van der Waals surface area contributed by atoms with Gasteiger partial charge in [0.25, 0.3) is 5.91 Å². The fraction of sp³-hybridized carbons (Fsp3) is 0.240. The first-order valence-electron chi connectivity index (χ1n) is 10.7. The van der Waals surface area contributed by atoms with Gasteiger partial charge in [-0.05, 0) is 43.0 Å². The maximum absolute atomic E-state index is 13.2. The van der Waals surface area contributed by atoms with Crippen LogP contribution in [-0.2, 0) is 0 Å². The van der Waals surface area contributed by atoms with E-state index in [0.717, 1.165) is 36.3 Å². The molecule has 3 heterocycles. The molecule has 1 aliphatic rings. The van der Waals surface area contributed by atoms with Gasteiger partial charge >= 0.3 is 0 Å². The predicted molar refractivity (Wildman–Crippen MR) is 120 cm³/mol. The number of aromatic amines is 1. The molecule has 0 saturated carbocycles. The van der Waals surface area contributed by atoms with Gasteiger partial charge in [-0.15, -0.1) is 0 Å². The lowest BCUT2D eigenvalue weighted by atomic mass is 9.89. The Bertz CT molecular complexity index is 1190. The van der Waals surface area contributed by atoms with Crippen LogP contribution in [0.15, 0.2) is 73.2 Å². The Balaban J connectivity index is 1.36. The van der Waals surface area contributed by atoms with Gasteiger partial charge in [0, 0.05) is 36.5 Å². The molecule has 1 N–H and O–H groups in total. The van der Waals surface area contributed by atoms with Crippen molar-refractivity contribution >= 4 is 5.91 Å². The molecule has 5 rings (SSSR count). The molecule has 1 amide bonds. The number of nitrogens with zero attached hydrogens (tertiary/aromatic N) is 4. The van der Waals surface area contributed by atoms with Crippen LogP contribution >= 0.6 is 0 Å². The molecule has 0 spiro atoms. The number of benzene rings is 2. The normalized spacial score (nSPS) is 16.4. The number of piperidine rings is 1. The van der Waals surface area contributed by atoms with Gasteiger partial charge < -0.3 is 4.90 Å². The monoisotopic (exact) mass is 411 g/mol. The number of hydrogen-bond acceptors (Lipinski definition) is 3. The quantitative estimate of drug-likeness (QED) is 0.534.